The fraction of sp³-hybridized carbons (Fsp3) is 0.320. The number of carbonyl (C=O) groups is 2. The Bertz CT molecular complexity index is 1190. The third kappa shape index (κ3) is 4.88. The molecule has 1 saturated heterocycles. The van der Waals surface area contributed by atoms with Crippen molar-refractivity contribution in [1.29, 1.82) is 5.41 Å². The molecule has 0 bridgehead atoms. The minimum atomic E-state index is -0.665. The highest BCUT2D eigenvalue weighted by Gasteiger charge is 2.34. The number of carbonyl (C=O) groups excluding carboxylic acids is 2. The molecule has 0 aromatic heterocycles. The quantitative estimate of drug-likeness (QED) is 0.446. The van der Waals surface area contributed by atoms with Crippen LogP contribution in [0.3, 0.4) is 0 Å². The summed E-state index contributed by atoms with van der Waals surface area (Å²) in [6, 6.07) is 7.28. The van der Waals surface area contributed by atoms with Crippen LogP contribution in [0.4, 0.5) is 4.39 Å². The van der Waals surface area contributed by atoms with Gasteiger partial charge in [-0.1, -0.05) is 0 Å². The number of likely N-dealkylation sites (tertiary alicyclic amines) is 1. The Kier molecular flexibility index (Phi) is 6.28. The summed E-state index contributed by atoms with van der Waals surface area (Å²) in [7, 11) is 1.69. The van der Waals surface area contributed by atoms with Crippen molar-refractivity contribution < 1.29 is 23.5 Å². The van der Waals surface area contributed by atoms with Gasteiger partial charge in [0.25, 0.3) is 11.8 Å². The second kappa shape index (κ2) is 9.17. The number of nitrogens with one attached hydrogen (secondary N) is 3. The highest BCUT2D eigenvalue weighted by molar-refractivity contribution is 6.09. The lowest BCUT2D eigenvalue weighted by atomic mass is 9.99. The van der Waals surface area contributed by atoms with Gasteiger partial charge in [-0.2, -0.15) is 0 Å². The van der Waals surface area contributed by atoms with Gasteiger partial charge in [0.15, 0.2) is 0 Å². The summed E-state index contributed by atoms with van der Waals surface area (Å²) >= 11 is 0. The summed E-state index contributed by atoms with van der Waals surface area (Å²) in [4.78, 5) is 26.7. The fourth-order valence-electron chi connectivity index (χ4n) is 3.82. The van der Waals surface area contributed by atoms with Gasteiger partial charge in [0.2, 0.25) is 0 Å². The molecule has 1 fully saturated rings. The number of halogens is 1. The molecular weight excluding hydrogens is 439 g/mol. The second-order valence-corrected chi connectivity index (χ2v) is 8.87. The van der Waals surface area contributed by atoms with E-state index < -0.39 is 17.3 Å². The summed E-state index contributed by atoms with van der Waals surface area (Å²) in [5.41, 5.74) is 0.492. The third-order valence-corrected chi connectivity index (χ3v) is 5.63. The Morgan fingerprint density at radius 3 is 2.65 bits per heavy atom. The van der Waals surface area contributed by atoms with Crippen molar-refractivity contribution in [3.63, 3.8) is 0 Å². The van der Waals surface area contributed by atoms with Crippen molar-refractivity contribution in [2.75, 3.05) is 20.1 Å². The molecule has 2 aliphatic rings. The van der Waals surface area contributed by atoms with Gasteiger partial charge in [0.1, 0.15) is 34.5 Å². The first-order valence-electron chi connectivity index (χ1n) is 11.0. The van der Waals surface area contributed by atoms with Crippen LogP contribution in [0.5, 0.6) is 17.2 Å². The first kappa shape index (κ1) is 23.3. The van der Waals surface area contributed by atoms with Gasteiger partial charge in [-0.3, -0.25) is 15.0 Å². The maximum atomic E-state index is 14.7. The molecule has 2 amide bonds. The summed E-state index contributed by atoms with van der Waals surface area (Å²) < 4.78 is 26.7. The molecule has 0 unspecified atom stereocenters. The molecule has 2 aromatic rings. The number of amides is 2. The van der Waals surface area contributed by atoms with E-state index in [1.165, 1.54) is 30.5 Å². The van der Waals surface area contributed by atoms with Crippen molar-refractivity contribution in [3.05, 3.63) is 65.1 Å². The Morgan fingerprint density at radius 2 is 2.00 bits per heavy atom. The van der Waals surface area contributed by atoms with Gasteiger partial charge >= 0.3 is 0 Å². The Hall–Kier alpha value is -3.88. The van der Waals surface area contributed by atoms with Gasteiger partial charge in [-0.05, 0) is 56.8 Å². The summed E-state index contributed by atoms with van der Waals surface area (Å²) in [6.07, 6.45) is 4.39. The van der Waals surface area contributed by atoms with Crippen LogP contribution >= 0.6 is 0 Å². The SMILES string of the molecule is CN/C=C\C(=N)NC(=O)c1cc(Oc2ccc(C(=O)N3CCC3)c(F)c2)c2c(c1)OC(C)(C)C2. The van der Waals surface area contributed by atoms with Crippen LogP contribution in [-0.2, 0) is 6.42 Å². The Morgan fingerprint density at radius 1 is 1.24 bits per heavy atom. The van der Waals surface area contributed by atoms with Crippen molar-refractivity contribution >= 4 is 17.6 Å². The molecule has 0 spiro atoms. The van der Waals surface area contributed by atoms with Crippen LogP contribution in [0, 0.1) is 11.2 Å². The lowest BCUT2D eigenvalue weighted by Crippen LogP contribution is -2.42. The number of amidine groups is 1. The maximum absolute atomic E-state index is 14.7. The van der Waals surface area contributed by atoms with E-state index in [9.17, 15) is 14.0 Å². The van der Waals surface area contributed by atoms with Crippen LogP contribution in [-0.4, -0.2) is 48.3 Å². The smallest absolute Gasteiger partial charge is 0.257 e. The van der Waals surface area contributed by atoms with Gasteiger partial charge in [0, 0.05) is 43.8 Å². The molecule has 4 rings (SSSR count). The minimum absolute atomic E-state index is 0.00279. The monoisotopic (exact) mass is 466 g/mol. The first-order valence-corrected chi connectivity index (χ1v) is 11.0. The minimum Gasteiger partial charge on any atom is -0.487 e. The van der Waals surface area contributed by atoms with Gasteiger partial charge in [0.05, 0.1) is 5.56 Å². The van der Waals surface area contributed by atoms with Gasteiger partial charge in [-0.15, -0.1) is 0 Å². The average molecular weight is 467 g/mol. The van der Waals surface area contributed by atoms with Crippen molar-refractivity contribution in [1.82, 2.24) is 15.5 Å². The lowest BCUT2D eigenvalue weighted by molar-refractivity contribution is 0.0646. The highest BCUT2D eigenvalue weighted by Crippen LogP contribution is 2.43. The van der Waals surface area contributed by atoms with Crippen molar-refractivity contribution in [2.45, 2.75) is 32.3 Å². The van der Waals surface area contributed by atoms with E-state index in [-0.39, 0.29) is 28.6 Å². The van der Waals surface area contributed by atoms with Crippen LogP contribution in [0.25, 0.3) is 0 Å². The fourth-order valence-corrected chi connectivity index (χ4v) is 3.82. The molecule has 9 heteroatoms. The molecule has 0 radical (unpaired) electrons. The van der Waals surface area contributed by atoms with Crippen LogP contribution in [0.15, 0.2) is 42.6 Å². The van der Waals surface area contributed by atoms with E-state index in [0.29, 0.717) is 31.0 Å². The molecule has 2 aromatic carbocycles. The predicted molar refractivity (Wildman–Crippen MR) is 125 cm³/mol. The Labute approximate surface area is 197 Å². The van der Waals surface area contributed by atoms with Gasteiger partial charge in [-0.25, -0.2) is 4.39 Å². The normalized spacial score (nSPS) is 15.8. The predicted octanol–water partition coefficient (Wildman–Crippen LogP) is 3.62. The molecule has 3 N–H and O–H groups in total. The van der Waals surface area contributed by atoms with Crippen molar-refractivity contribution in [2.24, 2.45) is 0 Å². The summed E-state index contributed by atoms with van der Waals surface area (Å²) in [6.45, 7) is 5.11. The zero-order valence-electron chi connectivity index (χ0n) is 19.3. The van der Waals surface area contributed by atoms with E-state index in [4.69, 9.17) is 14.9 Å². The van der Waals surface area contributed by atoms with Gasteiger partial charge < -0.3 is 25.0 Å². The largest absolute Gasteiger partial charge is 0.487 e. The molecule has 178 valence electrons. The molecular formula is C25H27FN4O4. The molecule has 2 aliphatic heterocycles. The average Bonchev–Trinajstić information content (AvgIpc) is 3.05. The number of ether oxygens (including phenoxy) is 2. The van der Waals surface area contributed by atoms with E-state index >= 15 is 0 Å². The molecule has 0 atom stereocenters. The molecule has 2 heterocycles. The number of hydrogen-bond donors (Lipinski definition) is 3. The molecule has 8 nitrogen and oxygen atoms in total. The second-order valence-electron chi connectivity index (χ2n) is 8.87. The number of nitrogens with zero attached hydrogens (tertiary/aromatic N) is 1. The standard InChI is InChI=1S/C25H27FN4O4/c1-25(2)14-18-20(11-15(12-21(18)34-25)23(31)29-22(27)7-8-28-3)33-16-5-6-17(19(26)13-16)24(32)30-9-4-10-30/h5-8,11-13,28H,4,9-10,14H2,1-3H3,(H2,27,29,31)/b8-7-. The third-order valence-electron chi connectivity index (χ3n) is 5.63. The summed E-state index contributed by atoms with van der Waals surface area (Å²) in [5, 5.41) is 13.1. The topological polar surface area (TPSA) is 104 Å². The number of rotatable bonds is 6. The number of fused-ring (bicyclic) bond motifs is 1. The number of hydrogen-bond acceptors (Lipinski definition) is 6. The van der Waals surface area contributed by atoms with Crippen molar-refractivity contribution in [3.8, 4) is 17.2 Å². The highest BCUT2D eigenvalue weighted by atomic mass is 19.1. The zero-order chi connectivity index (χ0) is 24.5. The van der Waals surface area contributed by atoms with Crippen LogP contribution in [0.1, 0.15) is 46.5 Å². The maximum Gasteiger partial charge on any atom is 0.257 e. The van der Waals surface area contributed by atoms with E-state index in [2.05, 4.69) is 10.6 Å². The molecule has 0 saturated carbocycles. The number of benzene rings is 2. The van der Waals surface area contributed by atoms with E-state index in [1.807, 2.05) is 13.8 Å². The zero-order valence-corrected chi connectivity index (χ0v) is 19.3. The molecule has 34 heavy (non-hydrogen) atoms. The summed E-state index contributed by atoms with van der Waals surface area (Å²) in [5.74, 6) is -0.545. The van der Waals surface area contributed by atoms with E-state index in [1.54, 1.807) is 24.1 Å². The molecule has 0 aliphatic carbocycles. The van der Waals surface area contributed by atoms with Crippen LogP contribution < -0.4 is 20.1 Å². The Balaban J connectivity index is 1.61. The van der Waals surface area contributed by atoms with Crippen LogP contribution in [0.2, 0.25) is 0 Å². The van der Waals surface area contributed by atoms with E-state index in [0.717, 1.165) is 12.0 Å². The first-order chi connectivity index (χ1) is 16.2. The lowest BCUT2D eigenvalue weighted by Gasteiger charge is -2.31.